The van der Waals surface area contributed by atoms with Crippen molar-refractivity contribution in [3.8, 4) is 11.4 Å². The Hall–Kier alpha value is -3.49. The number of carbonyl (C=O) groups excluding carboxylic acids is 1. The third kappa shape index (κ3) is 6.01. The van der Waals surface area contributed by atoms with Crippen LogP contribution in [0.15, 0.2) is 71.9 Å². The number of aryl methyl sites for hydroxylation is 2. The van der Waals surface area contributed by atoms with E-state index >= 15 is 0 Å². The van der Waals surface area contributed by atoms with Gasteiger partial charge in [-0.25, -0.2) is 4.79 Å². The average Bonchev–Trinajstić information content (AvgIpc) is 3.29. The van der Waals surface area contributed by atoms with Gasteiger partial charge in [-0.1, -0.05) is 53.7 Å². The van der Waals surface area contributed by atoms with Crippen molar-refractivity contribution >= 4 is 35.1 Å². The van der Waals surface area contributed by atoms with E-state index < -0.39 is 6.04 Å². The van der Waals surface area contributed by atoms with Gasteiger partial charge in [-0.2, -0.15) is 0 Å². The second kappa shape index (κ2) is 11.5. The zero-order valence-electron chi connectivity index (χ0n) is 20.6. The van der Waals surface area contributed by atoms with E-state index in [0.29, 0.717) is 16.5 Å². The summed E-state index contributed by atoms with van der Waals surface area (Å²) in [6.07, 6.45) is 0. The van der Waals surface area contributed by atoms with Crippen molar-refractivity contribution in [3.63, 3.8) is 0 Å². The fraction of sp³-hybridized carbons (Fsp3) is 0.222. The molecule has 0 aliphatic heterocycles. The summed E-state index contributed by atoms with van der Waals surface area (Å²) in [6, 6.07) is 20.3. The molecule has 36 heavy (non-hydrogen) atoms. The molecule has 2 N–H and O–H groups in total. The number of nitrogens with one attached hydrogen (secondary N) is 2. The van der Waals surface area contributed by atoms with Gasteiger partial charge in [-0.05, 0) is 73.9 Å². The lowest BCUT2D eigenvalue weighted by atomic mass is 10.1. The minimum Gasteiger partial charge on any atom is -0.497 e. The van der Waals surface area contributed by atoms with Crippen LogP contribution in [0.2, 0.25) is 5.02 Å². The Morgan fingerprint density at radius 2 is 1.81 bits per heavy atom. The summed E-state index contributed by atoms with van der Waals surface area (Å²) in [6.45, 7) is 5.99. The maximum atomic E-state index is 12.7. The van der Waals surface area contributed by atoms with Crippen molar-refractivity contribution in [1.82, 2.24) is 20.1 Å². The Kier molecular flexibility index (Phi) is 8.18. The maximum absolute atomic E-state index is 12.7. The number of aromatic nitrogens is 3. The van der Waals surface area contributed by atoms with Gasteiger partial charge in [0.25, 0.3) is 0 Å². The third-order valence-electron chi connectivity index (χ3n) is 5.77. The van der Waals surface area contributed by atoms with Crippen LogP contribution in [0, 0.1) is 13.8 Å². The zero-order valence-corrected chi connectivity index (χ0v) is 22.2. The highest BCUT2D eigenvalue weighted by atomic mass is 35.5. The van der Waals surface area contributed by atoms with Gasteiger partial charge < -0.3 is 15.4 Å². The maximum Gasteiger partial charge on any atom is 0.319 e. The molecule has 0 aliphatic rings. The number of carbonyl (C=O) groups is 1. The molecular formula is C27H28ClN5O2S. The molecule has 1 atom stereocenters. The number of nitrogens with zero attached hydrogens (tertiary/aromatic N) is 3. The molecule has 7 nitrogen and oxygen atoms in total. The number of hydrogen-bond donors (Lipinski definition) is 2. The first-order valence-electron chi connectivity index (χ1n) is 11.5. The van der Waals surface area contributed by atoms with E-state index in [1.54, 1.807) is 43.1 Å². The van der Waals surface area contributed by atoms with Crippen molar-refractivity contribution in [2.75, 3.05) is 12.4 Å². The first kappa shape index (κ1) is 25.6. The number of hydrogen-bond acceptors (Lipinski definition) is 5. The summed E-state index contributed by atoms with van der Waals surface area (Å²) >= 11 is 7.95. The lowest BCUT2D eigenvalue weighted by Crippen LogP contribution is -2.32. The van der Waals surface area contributed by atoms with Gasteiger partial charge in [0.2, 0.25) is 0 Å². The highest BCUT2D eigenvalue weighted by Crippen LogP contribution is 2.31. The van der Waals surface area contributed by atoms with E-state index in [9.17, 15) is 4.79 Å². The molecule has 4 rings (SSSR count). The molecule has 0 saturated carbocycles. The third-order valence-corrected chi connectivity index (χ3v) is 6.98. The Labute approximate surface area is 220 Å². The van der Waals surface area contributed by atoms with Gasteiger partial charge in [0, 0.05) is 16.5 Å². The summed E-state index contributed by atoms with van der Waals surface area (Å²) in [7, 11) is 1.60. The Balaban J connectivity index is 1.59. The van der Waals surface area contributed by atoms with Crippen molar-refractivity contribution in [2.24, 2.45) is 0 Å². The van der Waals surface area contributed by atoms with E-state index in [1.807, 2.05) is 48.7 Å². The number of amides is 2. The monoisotopic (exact) mass is 521 g/mol. The van der Waals surface area contributed by atoms with E-state index in [0.717, 1.165) is 27.9 Å². The quantitative estimate of drug-likeness (QED) is 0.251. The molecule has 0 radical (unpaired) electrons. The van der Waals surface area contributed by atoms with E-state index in [-0.39, 0.29) is 6.03 Å². The van der Waals surface area contributed by atoms with Crippen molar-refractivity contribution < 1.29 is 9.53 Å². The van der Waals surface area contributed by atoms with Gasteiger partial charge in [0.15, 0.2) is 11.0 Å². The van der Waals surface area contributed by atoms with E-state index in [2.05, 4.69) is 39.9 Å². The van der Waals surface area contributed by atoms with E-state index in [1.165, 1.54) is 11.1 Å². The Morgan fingerprint density at radius 1 is 1.06 bits per heavy atom. The molecule has 1 unspecified atom stereocenters. The first-order chi connectivity index (χ1) is 17.4. The minimum atomic E-state index is -0.429. The van der Waals surface area contributed by atoms with Crippen LogP contribution < -0.4 is 15.4 Å². The SMILES string of the molecule is COc1ccc(NC(=O)NC(C)c2nnc(SCc3ccccc3C)n2-c2cc(Cl)ccc2C)cc1. The summed E-state index contributed by atoms with van der Waals surface area (Å²) < 4.78 is 7.14. The van der Waals surface area contributed by atoms with Gasteiger partial charge in [0.05, 0.1) is 18.8 Å². The summed E-state index contributed by atoms with van der Waals surface area (Å²) in [5.41, 5.74) is 5.00. The first-order valence-corrected chi connectivity index (χ1v) is 12.8. The van der Waals surface area contributed by atoms with Crippen LogP contribution in [0.3, 0.4) is 0 Å². The molecule has 0 saturated heterocycles. The van der Waals surface area contributed by atoms with Crippen LogP contribution >= 0.6 is 23.4 Å². The number of anilines is 1. The average molecular weight is 522 g/mol. The Bertz CT molecular complexity index is 1360. The molecular weight excluding hydrogens is 494 g/mol. The van der Waals surface area contributed by atoms with Crippen molar-refractivity contribution in [3.05, 3.63) is 94.3 Å². The van der Waals surface area contributed by atoms with Crippen LogP contribution in [0.25, 0.3) is 5.69 Å². The summed E-state index contributed by atoms with van der Waals surface area (Å²) in [5, 5.41) is 16.1. The van der Waals surface area contributed by atoms with Gasteiger partial charge in [-0.15, -0.1) is 10.2 Å². The number of ether oxygens (including phenoxy) is 1. The molecule has 186 valence electrons. The summed E-state index contributed by atoms with van der Waals surface area (Å²) in [4.78, 5) is 12.7. The molecule has 0 aliphatic carbocycles. The molecule has 2 amide bonds. The zero-order chi connectivity index (χ0) is 25.7. The highest BCUT2D eigenvalue weighted by molar-refractivity contribution is 7.98. The van der Waals surface area contributed by atoms with Gasteiger partial charge >= 0.3 is 6.03 Å². The van der Waals surface area contributed by atoms with Crippen LogP contribution in [0.1, 0.15) is 35.5 Å². The molecule has 4 aromatic rings. The smallest absolute Gasteiger partial charge is 0.319 e. The predicted molar refractivity (Wildman–Crippen MR) is 145 cm³/mol. The Morgan fingerprint density at radius 3 is 2.53 bits per heavy atom. The molecule has 3 aromatic carbocycles. The number of methoxy groups -OCH3 is 1. The predicted octanol–water partition coefficient (Wildman–Crippen LogP) is 6.72. The van der Waals surface area contributed by atoms with E-state index in [4.69, 9.17) is 16.3 Å². The van der Waals surface area contributed by atoms with Crippen molar-refractivity contribution in [1.29, 1.82) is 0 Å². The largest absolute Gasteiger partial charge is 0.497 e. The minimum absolute atomic E-state index is 0.348. The van der Waals surface area contributed by atoms with Crippen LogP contribution in [0.4, 0.5) is 10.5 Å². The standard InChI is InChI=1S/C27H28ClN5O2S/c1-17-7-5-6-8-20(17)16-36-27-32-31-25(33(27)24-15-21(28)10-9-18(24)2)19(3)29-26(34)30-22-11-13-23(35-4)14-12-22/h5-15,19H,16H2,1-4H3,(H2,29,30,34). The molecule has 1 aromatic heterocycles. The summed E-state index contributed by atoms with van der Waals surface area (Å²) in [5.74, 6) is 2.07. The molecule has 0 spiro atoms. The lowest BCUT2D eigenvalue weighted by molar-refractivity contribution is 0.249. The second-order valence-electron chi connectivity index (χ2n) is 8.37. The fourth-order valence-electron chi connectivity index (χ4n) is 3.72. The number of thioether (sulfide) groups is 1. The van der Waals surface area contributed by atoms with Crippen LogP contribution in [-0.2, 0) is 5.75 Å². The van der Waals surface area contributed by atoms with Crippen LogP contribution in [0.5, 0.6) is 5.75 Å². The number of rotatable bonds is 8. The van der Waals surface area contributed by atoms with Crippen molar-refractivity contribution in [2.45, 2.75) is 37.7 Å². The number of benzene rings is 3. The normalized spacial score (nSPS) is 11.7. The number of halogens is 1. The molecule has 9 heteroatoms. The number of urea groups is 1. The van der Waals surface area contributed by atoms with Gasteiger partial charge in [0.1, 0.15) is 5.75 Å². The molecule has 0 fully saturated rings. The highest BCUT2D eigenvalue weighted by Gasteiger charge is 2.22. The lowest BCUT2D eigenvalue weighted by Gasteiger charge is -2.18. The van der Waals surface area contributed by atoms with Gasteiger partial charge in [-0.3, -0.25) is 4.57 Å². The molecule has 1 heterocycles. The fourth-order valence-corrected chi connectivity index (χ4v) is 4.92. The molecule has 0 bridgehead atoms. The second-order valence-corrected chi connectivity index (χ2v) is 9.75. The topological polar surface area (TPSA) is 81.1 Å². The van der Waals surface area contributed by atoms with Crippen LogP contribution in [-0.4, -0.2) is 27.9 Å².